The lowest BCUT2D eigenvalue weighted by Crippen LogP contribution is -2.36. The van der Waals surface area contributed by atoms with Gasteiger partial charge in [0, 0.05) is 58.1 Å². The highest BCUT2D eigenvalue weighted by Crippen LogP contribution is 2.20. The van der Waals surface area contributed by atoms with E-state index in [0.717, 1.165) is 23.3 Å². The fraction of sp³-hybridized carbons (Fsp3) is 0.478. The molecule has 2 N–H and O–H groups in total. The van der Waals surface area contributed by atoms with Crippen molar-refractivity contribution in [1.82, 2.24) is 15.6 Å². The van der Waals surface area contributed by atoms with Gasteiger partial charge in [0.2, 0.25) is 5.88 Å². The van der Waals surface area contributed by atoms with Crippen molar-refractivity contribution in [2.75, 3.05) is 27.4 Å². The normalized spacial score (nSPS) is 11.5. The Morgan fingerprint density at radius 2 is 1.90 bits per heavy atom. The maximum absolute atomic E-state index is 5.95. The van der Waals surface area contributed by atoms with E-state index in [0.29, 0.717) is 38.1 Å². The first-order valence-electron chi connectivity index (χ1n) is 10.3. The fourth-order valence-electron chi connectivity index (χ4n) is 2.74. The van der Waals surface area contributed by atoms with Crippen LogP contribution in [0.25, 0.3) is 0 Å². The van der Waals surface area contributed by atoms with Gasteiger partial charge in [-0.3, -0.25) is 4.99 Å². The zero-order valence-electron chi connectivity index (χ0n) is 18.7. The lowest BCUT2D eigenvalue weighted by Gasteiger charge is -2.16. The van der Waals surface area contributed by atoms with Gasteiger partial charge in [0.15, 0.2) is 5.96 Å². The van der Waals surface area contributed by atoms with Gasteiger partial charge < -0.3 is 24.8 Å². The van der Waals surface area contributed by atoms with Gasteiger partial charge in [0.05, 0.1) is 12.7 Å². The topological polar surface area (TPSA) is 77.0 Å². The molecule has 0 amide bonds. The average Bonchev–Trinajstić information content (AvgIpc) is 2.73. The predicted octanol–water partition coefficient (Wildman–Crippen LogP) is 3.46. The molecule has 2 aromatic rings. The van der Waals surface area contributed by atoms with E-state index >= 15 is 0 Å². The molecular formula is C23H34N4O3. The third-order valence-electron chi connectivity index (χ3n) is 4.26. The van der Waals surface area contributed by atoms with E-state index in [9.17, 15) is 0 Å². The Morgan fingerprint density at radius 3 is 2.57 bits per heavy atom. The van der Waals surface area contributed by atoms with Gasteiger partial charge in [-0.05, 0) is 38.0 Å². The largest absolute Gasteiger partial charge is 0.493 e. The molecule has 0 saturated carbocycles. The summed E-state index contributed by atoms with van der Waals surface area (Å²) in [6.45, 7) is 8.57. The molecule has 0 aliphatic heterocycles. The Bertz CT molecular complexity index is 792. The molecule has 0 aliphatic carbocycles. The molecule has 0 aliphatic rings. The van der Waals surface area contributed by atoms with Crippen LogP contribution in [-0.4, -0.2) is 44.4 Å². The van der Waals surface area contributed by atoms with E-state index in [-0.39, 0.29) is 6.10 Å². The van der Waals surface area contributed by atoms with Crippen molar-refractivity contribution in [3.8, 4) is 11.6 Å². The Balaban J connectivity index is 1.88. The fourth-order valence-corrected chi connectivity index (χ4v) is 2.74. The maximum atomic E-state index is 5.95. The number of nitrogens with zero attached hydrogens (tertiary/aromatic N) is 2. The summed E-state index contributed by atoms with van der Waals surface area (Å²) < 4.78 is 16.6. The van der Waals surface area contributed by atoms with Crippen LogP contribution in [-0.2, 0) is 17.8 Å². The van der Waals surface area contributed by atoms with E-state index in [2.05, 4.69) is 45.7 Å². The summed E-state index contributed by atoms with van der Waals surface area (Å²) in [6, 6.07) is 10.1. The number of guanidine groups is 1. The molecule has 1 heterocycles. The quantitative estimate of drug-likeness (QED) is 0.333. The first kappa shape index (κ1) is 23.5. The number of benzene rings is 1. The summed E-state index contributed by atoms with van der Waals surface area (Å²) in [6.07, 6.45) is 2.78. The summed E-state index contributed by atoms with van der Waals surface area (Å²) in [7, 11) is 3.45. The summed E-state index contributed by atoms with van der Waals surface area (Å²) in [5, 5.41) is 6.65. The number of hydrogen-bond acceptors (Lipinski definition) is 5. The molecule has 7 heteroatoms. The number of nitrogens with one attached hydrogen (secondary N) is 2. The number of pyridine rings is 1. The Hall–Kier alpha value is -2.80. The van der Waals surface area contributed by atoms with Crippen LogP contribution in [0.2, 0.25) is 0 Å². The van der Waals surface area contributed by atoms with Crippen LogP contribution in [0.1, 0.15) is 37.0 Å². The number of aryl methyl sites for hydroxylation is 1. The molecule has 0 radical (unpaired) electrons. The van der Waals surface area contributed by atoms with Gasteiger partial charge in [-0.2, -0.15) is 0 Å². The van der Waals surface area contributed by atoms with Gasteiger partial charge in [-0.25, -0.2) is 4.98 Å². The maximum Gasteiger partial charge on any atom is 0.213 e. The predicted molar refractivity (Wildman–Crippen MR) is 120 cm³/mol. The number of methoxy groups -OCH3 is 1. The van der Waals surface area contributed by atoms with Crippen molar-refractivity contribution in [2.45, 2.75) is 46.4 Å². The third-order valence-corrected chi connectivity index (χ3v) is 4.26. The van der Waals surface area contributed by atoms with Crippen molar-refractivity contribution < 1.29 is 14.2 Å². The lowest BCUT2D eigenvalue weighted by atomic mass is 10.1. The number of hydrogen-bond donors (Lipinski definition) is 2. The van der Waals surface area contributed by atoms with Gasteiger partial charge in [0.1, 0.15) is 5.75 Å². The molecule has 0 fully saturated rings. The van der Waals surface area contributed by atoms with Crippen molar-refractivity contribution in [1.29, 1.82) is 0 Å². The molecule has 1 aromatic heterocycles. The molecule has 0 bridgehead atoms. The minimum absolute atomic E-state index is 0.111. The second-order valence-electron chi connectivity index (χ2n) is 7.26. The molecule has 0 atom stereocenters. The molecule has 2 rings (SSSR count). The highest BCUT2D eigenvalue weighted by atomic mass is 16.5. The lowest BCUT2D eigenvalue weighted by molar-refractivity contribution is 0.171. The van der Waals surface area contributed by atoms with Crippen LogP contribution in [0.15, 0.2) is 41.5 Å². The molecule has 1 aromatic carbocycles. The van der Waals surface area contributed by atoms with Crippen molar-refractivity contribution in [3.63, 3.8) is 0 Å². The van der Waals surface area contributed by atoms with Crippen LogP contribution in [0.3, 0.4) is 0 Å². The second-order valence-corrected chi connectivity index (χ2v) is 7.26. The zero-order chi connectivity index (χ0) is 21.8. The third kappa shape index (κ3) is 8.29. The summed E-state index contributed by atoms with van der Waals surface area (Å²) in [5.41, 5.74) is 3.30. The first-order valence-corrected chi connectivity index (χ1v) is 10.3. The Morgan fingerprint density at radius 1 is 1.10 bits per heavy atom. The Labute approximate surface area is 179 Å². The van der Waals surface area contributed by atoms with Crippen molar-refractivity contribution in [3.05, 3.63) is 53.2 Å². The minimum atomic E-state index is 0.111. The number of aliphatic imine (C=N–C) groups is 1. The van der Waals surface area contributed by atoms with Gasteiger partial charge >= 0.3 is 0 Å². The summed E-state index contributed by atoms with van der Waals surface area (Å²) in [5.74, 6) is 2.23. The van der Waals surface area contributed by atoms with Crippen LogP contribution in [0, 0.1) is 6.92 Å². The molecule has 0 spiro atoms. The average molecular weight is 415 g/mol. The molecule has 7 nitrogen and oxygen atoms in total. The zero-order valence-corrected chi connectivity index (χ0v) is 18.7. The highest BCUT2D eigenvalue weighted by molar-refractivity contribution is 5.79. The summed E-state index contributed by atoms with van der Waals surface area (Å²) >= 11 is 0. The van der Waals surface area contributed by atoms with E-state index in [1.807, 2.05) is 32.2 Å². The van der Waals surface area contributed by atoms with E-state index in [4.69, 9.17) is 14.2 Å². The van der Waals surface area contributed by atoms with Gasteiger partial charge in [0.25, 0.3) is 0 Å². The molecule has 30 heavy (non-hydrogen) atoms. The molecule has 0 saturated heterocycles. The number of aromatic nitrogens is 1. The van der Waals surface area contributed by atoms with Crippen LogP contribution in [0.4, 0.5) is 0 Å². The van der Waals surface area contributed by atoms with Gasteiger partial charge in [-0.1, -0.05) is 18.2 Å². The molecular weight excluding hydrogens is 380 g/mol. The van der Waals surface area contributed by atoms with Gasteiger partial charge in [-0.15, -0.1) is 0 Å². The number of rotatable bonds is 11. The SMILES string of the molecule is CN=C(NCc1ccc(OC(C)C)nc1)NCc1ccc(C)cc1OCCCOC. The van der Waals surface area contributed by atoms with Crippen molar-refractivity contribution in [2.24, 2.45) is 4.99 Å². The second kappa shape index (κ2) is 12.7. The van der Waals surface area contributed by atoms with Crippen LogP contribution < -0.4 is 20.1 Å². The van der Waals surface area contributed by atoms with E-state index in [1.165, 1.54) is 5.56 Å². The van der Waals surface area contributed by atoms with Crippen LogP contribution >= 0.6 is 0 Å². The standard InChI is InChI=1S/C23H34N4O3/c1-17(2)30-22-10-8-19(14-25-22)15-26-23(24-4)27-16-20-9-7-18(3)13-21(20)29-12-6-11-28-5/h7-10,13-14,17H,6,11-12,15-16H2,1-5H3,(H2,24,26,27). The monoisotopic (exact) mass is 414 g/mol. The minimum Gasteiger partial charge on any atom is -0.493 e. The summed E-state index contributed by atoms with van der Waals surface area (Å²) in [4.78, 5) is 8.63. The van der Waals surface area contributed by atoms with Crippen LogP contribution in [0.5, 0.6) is 11.6 Å². The molecule has 0 unspecified atom stereocenters. The van der Waals surface area contributed by atoms with Crippen molar-refractivity contribution >= 4 is 5.96 Å². The first-order chi connectivity index (χ1) is 14.5. The highest BCUT2D eigenvalue weighted by Gasteiger charge is 2.07. The van der Waals surface area contributed by atoms with E-state index < -0.39 is 0 Å². The van der Waals surface area contributed by atoms with E-state index in [1.54, 1.807) is 14.2 Å². The number of ether oxygens (including phenoxy) is 3. The Kier molecular flexibility index (Phi) is 9.94. The molecule has 164 valence electrons. The smallest absolute Gasteiger partial charge is 0.213 e.